The van der Waals surface area contributed by atoms with Crippen molar-refractivity contribution >= 4 is 29.2 Å². The second kappa shape index (κ2) is 7.24. The molecule has 8 nitrogen and oxygen atoms in total. The third-order valence-corrected chi connectivity index (χ3v) is 4.65. The Balaban J connectivity index is 1.70. The first-order valence-corrected chi connectivity index (χ1v) is 8.47. The highest BCUT2D eigenvalue weighted by Crippen LogP contribution is 2.30. The number of nitrogens with one attached hydrogen (secondary N) is 1. The summed E-state index contributed by atoms with van der Waals surface area (Å²) >= 11 is 6.00. The Morgan fingerprint density at radius 2 is 1.85 bits per heavy atom. The highest BCUT2D eigenvalue weighted by molar-refractivity contribution is 6.32. The van der Waals surface area contributed by atoms with E-state index >= 15 is 0 Å². The van der Waals surface area contributed by atoms with Crippen molar-refractivity contribution in [3.63, 3.8) is 0 Å². The number of hydrogen-bond donors (Lipinski definition) is 1. The van der Waals surface area contributed by atoms with Crippen molar-refractivity contribution in [2.45, 2.75) is 12.5 Å². The summed E-state index contributed by atoms with van der Waals surface area (Å²) in [7, 11) is 0. The topological polar surface area (TPSA) is 102 Å². The molecule has 27 heavy (non-hydrogen) atoms. The van der Waals surface area contributed by atoms with E-state index in [-0.39, 0.29) is 18.8 Å². The van der Waals surface area contributed by atoms with Crippen LogP contribution in [0.2, 0.25) is 5.02 Å². The Morgan fingerprint density at radius 1 is 1.19 bits per heavy atom. The molecule has 3 amide bonds. The number of halogens is 1. The van der Waals surface area contributed by atoms with Crippen molar-refractivity contribution in [1.82, 2.24) is 10.2 Å². The molecule has 1 saturated heterocycles. The number of carbonyl (C=O) groups excluding carboxylic acids is 2. The van der Waals surface area contributed by atoms with E-state index < -0.39 is 22.4 Å². The van der Waals surface area contributed by atoms with Crippen LogP contribution in [0.5, 0.6) is 5.75 Å². The third-order valence-electron chi connectivity index (χ3n) is 4.34. The first-order valence-electron chi connectivity index (χ1n) is 8.09. The summed E-state index contributed by atoms with van der Waals surface area (Å²) in [4.78, 5) is 36.4. The molecule has 0 spiro atoms. The molecule has 140 valence electrons. The number of benzene rings is 2. The van der Waals surface area contributed by atoms with Gasteiger partial charge in [0.15, 0.2) is 0 Å². The zero-order chi connectivity index (χ0) is 19.6. The van der Waals surface area contributed by atoms with Crippen LogP contribution >= 0.6 is 11.6 Å². The molecule has 0 bridgehead atoms. The van der Waals surface area contributed by atoms with Gasteiger partial charge >= 0.3 is 6.03 Å². The van der Waals surface area contributed by atoms with Crippen LogP contribution in [0, 0.1) is 10.1 Å². The maximum Gasteiger partial charge on any atom is 0.325 e. The molecule has 1 atom stereocenters. The lowest BCUT2D eigenvalue weighted by molar-refractivity contribution is -0.384. The van der Waals surface area contributed by atoms with Crippen LogP contribution in [0.3, 0.4) is 0 Å². The van der Waals surface area contributed by atoms with Gasteiger partial charge in [-0.25, -0.2) is 4.79 Å². The van der Waals surface area contributed by atoms with Crippen LogP contribution in [-0.2, 0) is 10.3 Å². The quantitative estimate of drug-likeness (QED) is 0.464. The molecule has 2 aromatic rings. The highest BCUT2D eigenvalue weighted by Gasteiger charge is 2.48. The van der Waals surface area contributed by atoms with E-state index in [0.717, 1.165) is 4.90 Å². The summed E-state index contributed by atoms with van der Waals surface area (Å²) in [5, 5.41) is 13.9. The molecule has 0 saturated carbocycles. The van der Waals surface area contributed by atoms with Gasteiger partial charge in [0.2, 0.25) is 0 Å². The molecule has 2 aromatic carbocycles. The number of imide groups is 1. The minimum absolute atomic E-state index is 0.0401. The number of non-ortho nitro benzene ring substituents is 1. The van der Waals surface area contributed by atoms with Gasteiger partial charge in [-0.2, -0.15) is 0 Å². The van der Waals surface area contributed by atoms with Gasteiger partial charge in [0.25, 0.3) is 11.6 Å². The van der Waals surface area contributed by atoms with E-state index in [1.54, 1.807) is 31.2 Å². The number of nitro groups is 1. The lowest BCUT2D eigenvalue weighted by Gasteiger charge is -2.22. The molecule has 1 N–H and O–H groups in total. The van der Waals surface area contributed by atoms with Crippen LogP contribution in [-0.4, -0.2) is 34.9 Å². The summed E-state index contributed by atoms with van der Waals surface area (Å²) in [6.07, 6.45) is 0. The largest absolute Gasteiger partial charge is 0.490 e. The van der Waals surface area contributed by atoms with E-state index in [0.29, 0.717) is 16.3 Å². The maximum atomic E-state index is 12.8. The number of ether oxygens (including phenoxy) is 1. The minimum Gasteiger partial charge on any atom is -0.490 e. The molecular weight excluding hydrogens is 374 g/mol. The molecule has 1 aliphatic heterocycles. The van der Waals surface area contributed by atoms with E-state index in [2.05, 4.69) is 5.32 Å². The predicted octanol–water partition coefficient (Wildman–Crippen LogP) is 3.09. The number of nitro benzene ring substituents is 1. The van der Waals surface area contributed by atoms with E-state index in [1.807, 2.05) is 0 Å². The van der Waals surface area contributed by atoms with Crippen molar-refractivity contribution in [3.05, 3.63) is 69.2 Å². The Labute approximate surface area is 159 Å². The Kier molecular flexibility index (Phi) is 5.00. The minimum atomic E-state index is -1.30. The maximum absolute atomic E-state index is 12.8. The average Bonchev–Trinajstić information content (AvgIpc) is 2.87. The number of nitrogens with zero attached hydrogens (tertiary/aromatic N) is 2. The summed E-state index contributed by atoms with van der Waals surface area (Å²) in [5.41, 5.74) is -0.929. The monoisotopic (exact) mass is 389 g/mol. The van der Waals surface area contributed by atoms with Gasteiger partial charge in [0.05, 0.1) is 16.5 Å². The molecule has 1 heterocycles. The smallest absolute Gasteiger partial charge is 0.325 e. The second-order valence-electron chi connectivity index (χ2n) is 6.09. The van der Waals surface area contributed by atoms with Gasteiger partial charge in [0, 0.05) is 12.1 Å². The van der Waals surface area contributed by atoms with E-state index in [9.17, 15) is 19.7 Å². The molecule has 0 aromatic heterocycles. The van der Waals surface area contributed by atoms with Crippen LogP contribution < -0.4 is 10.1 Å². The van der Waals surface area contributed by atoms with Gasteiger partial charge in [-0.3, -0.25) is 19.8 Å². The zero-order valence-corrected chi connectivity index (χ0v) is 15.1. The highest BCUT2D eigenvalue weighted by atomic mass is 35.5. The van der Waals surface area contributed by atoms with Gasteiger partial charge in [0.1, 0.15) is 17.9 Å². The number of carbonyl (C=O) groups is 2. The summed E-state index contributed by atoms with van der Waals surface area (Å²) < 4.78 is 5.53. The Bertz CT molecular complexity index is 902. The number of para-hydroxylation sites is 1. The molecule has 9 heteroatoms. The first-order chi connectivity index (χ1) is 12.8. The van der Waals surface area contributed by atoms with E-state index in [4.69, 9.17) is 16.3 Å². The normalized spacial score (nSPS) is 19.1. The van der Waals surface area contributed by atoms with Crippen LogP contribution in [0.1, 0.15) is 12.5 Å². The van der Waals surface area contributed by atoms with Crippen molar-refractivity contribution < 1.29 is 19.2 Å². The second-order valence-corrected chi connectivity index (χ2v) is 6.50. The van der Waals surface area contributed by atoms with Crippen molar-refractivity contribution in [3.8, 4) is 5.75 Å². The molecule has 0 radical (unpaired) electrons. The lowest BCUT2D eigenvalue weighted by Crippen LogP contribution is -2.41. The molecule has 3 rings (SSSR count). The first kappa shape index (κ1) is 18.7. The van der Waals surface area contributed by atoms with Crippen molar-refractivity contribution in [1.29, 1.82) is 0 Å². The van der Waals surface area contributed by atoms with Crippen LogP contribution in [0.25, 0.3) is 0 Å². The molecular formula is C18H16ClN3O5. The van der Waals surface area contributed by atoms with Gasteiger partial charge in [-0.1, -0.05) is 23.7 Å². The molecule has 1 unspecified atom stereocenters. The fourth-order valence-electron chi connectivity index (χ4n) is 2.82. The number of rotatable bonds is 6. The predicted molar refractivity (Wildman–Crippen MR) is 97.6 cm³/mol. The SMILES string of the molecule is CC1(c2ccc([N+](=O)[O-])cc2)NC(=O)N(CCOc2ccccc2Cl)C1=O. The zero-order valence-electron chi connectivity index (χ0n) is 14.3. The number of urea groups is 1. The van der Waals surface area contributed by atoms with Crippen molar-refractivity contribution in [2.75, 3.05) is 13.2 Å². The summed E-state index contributed by atoms with van der Waals surface area (Å²) in [6.45, 7) is 1.68. The van der Waals surface area contributed by atoms with Gasteiger partial charge in [-0.05, 0) is 36.8 Å². The van der Waals surface area contributed by atoms with Crippen molar-refractivity contribution in [2.24, 2.45) is 0 Å². The van der Waals surface area contributed by atoms with Gasteiger partial charge < -0.3 is 10.1 Å². The fourth-order valence-corrected chi connectivity index (χ4v) is 3.01. The summed E-state index contributed by atoms with van der Waals surface area (Å²) in [5.74, 6) is 0.00784. The lowest BCUT2D eigenvalue weighted by atomic mass is 9.92. The molecule has 1 aliphatic rings. The average molecular weight is 390 g/mol. The number of amides is 3. The van der Waals surface area contributed by atoms with Crippen LogP contribution in [0.4, 0.5) is 10.5 Å². The third kappa shape index (κ3) is 3.56. The standard InChI is InChI=1S/C18H16ClN3O5/c1-18(12-6-8-13(9-7-12)22(25)26)16(23)21(17(24)20-18)10-11-27-15-5-3-2-4-14(15)19/h2-9H,10-11H2,1H3,(H,20,24). The Hall–Kier alpha value is -3.13. The van der Waals surface area contributed by atoms with Crippen LogP contribution in [0.15, 0.2) is 48.5 Å². The van der Waals surface area contributed by atoms with Gasteiger partial charge in [-0.15, -0.1) is 0 Å². The fraction of sp³-hybridized carbons (Fsp3) is 0.222. The Morgan fingerprint density at radius 3 is 2.48 bits per heavy atom. The van der Waals surface area contributed by atoms with E-state index in [1.165, 1.54) is 24.3 Å². The number of hydrogen-bond acceptors (Lipinski definition) is 5. The molecule has 0 aliphatic carbocycles. The summed E-state index contributed by atoms with van der Waals surface area (Å²) in [6, 6.07) is 11.9. The molecule has 1 fully saturated rings.